The number of carbonyl (C=O) groups excluding carboxylic acids is 3. The normalized spacial score (nSPS) is 32.6. The van der Waals surface area contributed by atoms with E-state index in [0.29, 0.717) is 11.3 Å². The van der Waals surface area contributed by atoms with Gasteiger partial charge in [0.2, 0.25) is 5.91 Å². The number of benzene rings is 1. The van der Waals surface area contributed by atoms with Gasteiger partial charge in [-0.2, -0.15) is 0 Å². The molecule has 4 aliphatic rings. The molecule has 1 saturated carbocycles. The molecule has 39 heavy (non-hydrogen) atoms. The van der Waals surface area contributed by atoms with E-state index in [0.717, 1.165) is 38.0 Å². The number of allylic oxidation sites excluding steroid dienone is 1. The summed E-state index contributed by atoms with van der Waals surface area (Å²) in [5.41, 5.74) is 4.73. The Morgan fingerprint density at radius 2 is 1.74 bits per heavy atom. The van der Waals surface area contributed by atoms with E-state index in [-0.39, 0.29) is 29.7 Å². The van der Waals surface area contributed by atoms with Crippen molar-refractivity contribution in [2.24, 2.45) is 23.5 Å². The Morgan fingerprint density at radius 3 is 2.31 bits per heavy atom. The summed E-state index contributed by atoms with van der Waals surface area (Å²) in [6, 6.07) is 1.00. The van der Waals surface area contributed by atoms with Gasteiger partial charge in [-0.15, -0.1) is 0 Å². The number of aromatic hydroxyl groups is 1. The number of aliphatic hydroxyl groups is 3. The second-order valence-corrected chi connectivity index (χ2v) is 11.8. The lowest BCUT2D eigenvalue weighted by Crippen LogP contribution is -2.71. The van der Waals surface area contributed by atoms with Gasteiger partial charge in [0, 0.05) is 50.4 Å². The molecular weight excluding hydrogens is 504 g/mol. The highest BCUT2D eigenvalue weighted by Crippen LogP contribution is 2.54. The van der Waals surface area contributed by atoms with Crippen molar-refractivity contribution < 1.29 is 34.8 Å². The molecule has 11 nitrogen and oxygen atoms in total. The molecule has 6 atom stereocenters. The lowest BCUT2D eigenvalue weighted by Gasteiger charge is -2.53. The van der Waals surface area contributed by atoms with Crippen LogP contribution >= 0.6 is 0 Å². The van der Waals surface area contributed by atoms with E-state index in [9.17, 15) is 34.8 Å². The molecular formula is C28H38N4O7. The molecule has 212 valence electrons. The van der Waals surface area contributed by atoms with Crippen molar-refractivity contribution >= 4 is 28.8 Å². The minimum absolute atomic E-state index is 0.0560. The zero-order chi connectivity index (χ0) is 28.5. The maximum Gasteiger partial charge on any atom is 0.230 e. The van der Waals surface area contributed by atoms with Crippen LogP contribution in [0.15, 0.2) is 17.4 Å². The maximum atomic E-state index is 14.1. The third-order valence-electron chi connectivity index (χ3n) is 9.23. The minimum Gasteiger partial charge on any atom is -0.508 e. The Balaban J connectivity index is 1.70. The smallest absolute Gasteiger partial charge is 0.230 e. The number of rotatable bonds is 4. The number of likely N-dealkylation sites (N-methyl/N-ethyl adjacent to an activating group) is 1. The summed E-state index contributed by atoms with van der Waals surface area (Å²) in [6.45, 7) is 1.48. The molecule has 2 fully saturated rings. The summed E-state index contributed by atoms with van der Waals surface area (Å²) >= 11 is 0. The first-order valence-electron chi connectivity index (χ1n) is 13.5. The van der Waals surface area contributed by atoms with Crippen molar-refractivity contribution in [1.82, 2.24) is 4.90 Å². The number of ketones is 2. The van der Waals surface area contributed by atoms with Gasteiger partial charge in [-0.3, -0.25) is 14.4 Å². The van der Waals surface area contributed by atoms with Crippen molar-refractivity contribution in [3.63, 3.8) is 0 Å². The van der Waals surface area contributed by atoms with Crippen molar-refractivity contribution in [2.75, 3.05) is 51.1 Å². The predicted octanol–water partition coefficient (Wildman–Crippen LogP) is 0.342. The number of anilines is 2. The number of carbonyl (C=O) groups is 3. The summed E-state index contributed by atoms with van der Waals surface area (Å²) in [6.07, 6.45) is 1.90. The van der Waals surface area contributed by atoms with Gasteiger partial charge in [0.15, 0.2) is 17.2 Å². The molecule has 0 spiro atoms. The standard InChI is InChI=1S/C28H38N4O7/c1-30(2)16-12-17(32-8-6-5-7-9-32)22(33)19-14(16)10-13-11-15-21(31(3)4)24(35)20(27(29)38)26(37)28(15,39)25(36)18(13)23(19)34/h12-13,15,20-21,24,33,35-36,39H,5-11H2,1-4H3,(H2,29,38)/t13-,15-,20?,21-,24?,28-/m0/s1. The molecule has 1 heterocycles. The van der Waals surface area contributed by atoms with Gasteiger partial charge in [-0.05, 0) is 63.7 Å². The molecule has 0 radical (unpaired) electrons. The molecule has 1 amide bonds. The van der Waals surface area contributed by atoms with Crippen LogP contribution in [0.1, 0.15) is 41.6 Å². The highest BCUT2D eigenvalue weighted by Gasteiger charge is 2.66. The highest BCUT2D eigenvalue weighted by molar-refractivity contribution is 6.17. The van der Waals surface area contributed by atoms with Gasteiger partial charge in [0.25, 0.3) is 0 Å². The zero-order valence-electron chi connectivity index (χ0n) is 22.8. The van der Waals surface area contributed by atoms with Crippen LogP contribution in [0, 0.1) is 17.8 Å². The van der Waals surface area contributed by atoms with Crippen LogP contribution < -0.4 is 15.5 Å². The van der Waals surface area contributed by atoms with E-state index < -0.39 is 58.7 Å². The number of primary amides is 1. The second-order valence-electron chi connectivity index (χ2n) is 11.8. The number of hydrogen-bond donors (Lipinski definition) is 5. The number of hydrogen-bond acceptors (Lipinski definition) is 10. The minimum atomic E-state index is -2.59. The lowest BCUT2D eigenvalue weighted by atomic mass is 9.56. The highest BCUT2D eigenvalue weighted by atomic mass is 16.3. The molecule has 0 aromatic heterocycles. The average molecular weight is 543 g/mol. The van der Waals surface area contributed by atoms with Crippen LogP contribution in [0.4, 0.5) is 11.4 Å². The number of aliphatic hydroxyl groups excluding tert-OH is 2. The first-order chi connectivity index (χ1) is 18.3. The summed E-state index contributed by atoms with van der Waals surface area (Å²) in [7, 11) is 7.01. The fourth-order valence-electron chi connectivity index (χ4n) is 7.41. The Bertz CT molecular complexity index is 1270. The number of phenols is 1. The van der Waals surface area contributed by atoms with Crippen molar-refractivity contribution in [1.29, 1.82) is 0 Å². The molecule has 0 bridgehead atoms. The predicted molar refractivity (Wildman–Crippen MR) is 144 cm³/mol. The first-order valence-corrected chi connectivity index (χ1v) is 13.5. The topological polar surface area (TPSA) is 168 Å². The van der Waals surface area contributed by atoms with Gasteiger partial charge in [-0.1, -0.05) is 0 Å². The molecule has 1 aliphatic heterocycles. The largest absolute Gasteiger partial charge is 0.508 e. The lowest BCUT2D eigenvalue weighted by molar-refractivity contribution is -0.178. The summed E-state index contributed by atoms with van der Waals surface area (Å²) < 4.78 is 0. The van der Waals surface area contributed by atoms with Crippen LogP contribution in [-0.4, -0.2) is 102 Å². The summed E-state index contributed by atoms with van der Waals surface area (Å²) in [5.74, 6) is -7.23. The van der Waals surface area contributed by atoms with E-state index in [2.05, 4.69) is 4.90 Å². The van der Waals surface area contributed by atoms with E-state index in [1.807, 2.05) is 25.1 Å². The zero-order valence-corrected chi connectivity index (χ0v) is 22.8. The number of piperidine rings is 1. The summed E-state index contributed by atoms with van der Waals surface area (Å²) in [5, 5.41) is 45.8. The maximum absolute atomic E-state index is 14.1. The van der Waals surface area contributed by atoms with E-state index in [1.165, 1.54) is 0 Å². The molecule has 3 aliphatic carbocycles. The molecule has 1 aromatic carbocycles. The number of Topliss-reactive ketones (excluding diaryl/α,β-unsaturated/α-hetero) is 2. The van der Waals surface area contributed by atoms with Crippen LogP contribution in [0.5, 0.6) is 5.75 Å². The molecule has 5 rings (SSSR count). The number of nitrogens with two attached hydrogens (primary N) is 1. The van der Waals surface area contributed by atoms with Crippen molar-refractivity contribution in [3.05, 3.63) is 28.5 Å². The number of amides is 1. The van der Waals surface area contributed by atoms with Gasteiger partial charge >= 0.3 is 0 Å². The molecule has 1 aromatic rings. The molecule has 6 N–H and O–H groups in total. The molecule has 1 saturated heterocycles. The third-order valence-corrected chi connectivity index (χ3v) is 9.23. The van der Waals surface area contributed by atoms with Crippen molar-refractivity contribution in [3.8, 4) is 5.75 Å². The Morgan fingerprint density at radius 1 is 1.10 bits per heavy atom. The first kappa shape index (κ1) is 27.4. The van der Waals surface area contributed by atoms with E-state index >= 15 is 0 Å². The Kier molecular flexibility index (Phi) is 6.68. The quantitative estimate of drug-likeness (QED) is 0.335. The Labute approximate surface area is 227 Å². The van der Waals surface area contributed by atoms with E-state index in [1.54, 1.807) is 19.0 Å². The fourth-order valence-corrected chi connectivity index (χ4v) is 7.41. The number of nitrogens with zero attached hydrogens (tertiary/aromatic N) is 3. The van der Waals surface area contributed by atoms with Gasteiger partial charge in [0.05, 0.1) is 17.4 Å². The van der Waals surface area contributed by atoms with Crippen molar-refractivity contribution in [2.45, 2.75) is 49.9 Å². The third kappa shape index (κ3) is 3.85. The molecule has 11 heteroatoms. The van der Waals surface area contributed by atoms with Gasteiger partial charge in [0.1, 0.15) is 17.4 Å². The summed E-state index contributed by atoms with van der Waals surface area (Å²) in [4.78, 5) is 45.4. The number of fused-ring (bicyclic) bond motifs is 3. The van der Waals surface area contributed by atoms with Crippen LogP contribution in [0.3, 0.4) is 0 Å². The SMILES string of the molecule is CN(C)c1cc(N2CCCCC2)c(O)c2c1C[C@H]1C[C@H]3[C@H](N(C)C)C(O)C(C(N)=O)C(=O)[C@@]3(O)C(O)=C1C2=O. The fraction of sp³-hybridized carbons (Fsp3) is 0.607. The van der Waals surface area contributed by atoms with Gasteiger partial charge < -0.3 is 40.9 Å². The monoisotopic (exact) mass is 542 g/mol. The number of phenolic OH excluding ortho intramolecular Hbond substituents is 1. The van der Waals surface area contributed by atoms with Crippen LogP contribution in [0.25, 0.3) is 0 Å². The average Bonchev–Trinajstić information content (AvgIpc) is 2.86. The van der Waals surface area contributed by atoms with Crippen LogP contribution in [-0.2, 0) is 16.0 Å². The Hall–Kier alpha value is -3.15. The van der Waals surface area contributed by atoms with Crippen LogP contribution in [0.2, 0.25) is 0 Å². The second kappa shape index (κ2) is 9.50. The molecule has 2 unspecified atom stereocenters. The van der Waals surface area contributed by atoms with E-state index in [4.69, 9.17) is 5.73 Å². The van der Waals surface area contributed by atoms with Gasteiger partial charge in [-0.25, -0.2) is 0 Å².